The number of carboxylic acids is 1. The lowest BCUT2D eigenvalue weighted by atomic mass is 10.1. The summed E-state index contributed by atoms with van der Waals surface area (Å²) in [7, 11) is 1.58. The molecule has 0 unspecified atom stereocenters. The number of carboxylic acid groups (broad SMARTS) is 1. The summed E-state index contributed by atoms with van der Waals surface area (Å²) in [6.07, 6.45) is 3.80. The fraction of sp³-hybridized carbons (Fsp3) is 0.176. The molecule has 0 bridgehead atoms. The number of aromatic nitrogens is 1. The van der Waals surface area contributed by atoms with Crippen LogP contribution in [0.25, 0.3) is 6.08 Å². The monoisotopic (exact) mass is 383 g/mol. The molecule has 0 spiro atoms. The lowest BCUT2D eigenvalue weighted by molar-refractivity contribution is -0.131. The number of carbonyl (C=O) groups is 1. The van der Waals surface area contributed by atoms with Crippen LogP contribution in [-0.4, -0.2) is 36.4 Å². The summed E-state index contributed by atoms with van der Waals surface area (Å²) in [4.78, 5) is 14.8. The largest absolute Gasteiger partial charge is 0.491 e. The highest BCUT2D eigenvalue weighted by atomic mass is 35.5. The van der Waals surface area contributed by atoms with Crippen LogP contribution in [0.4, 0.5) is 0 Å². The lowest BCUT2D eigenvalue weighted by Gasteiger charge is -2.12. The van der Waals surface area contributed by atoms with Crippen LogP contribution in [-0.2, 0) is 9.53 Å². The van der Waals surface area contributed by atoms with Gasteiger partial charge in [0.25, 0.3) is 0 Å². The van der Waals surface area contributed by atoms with Gasteiger partial charge in [-0.1, -0.05) is 23.2 Å². The summed E-state index contributed by atoms with van der Waals surface area (Å²) in [5.41, 5.74) is 0.523. The second-order valence-electron chi connectivity index (χ2n) is 4.76. The molecule has 0 fully saturated rings. The van der Waals surface area contributed by atoms with E-state index in [1.54, 1.807) is 25.3 Å². The molecule has 0 atom stereocenters. The quantitative estimate of drug-likeness (QED) is 0.540. The Morgan fingerprint density at radius 2 is 2.08 bits per heavy atom. The molecule has 132 valence electrons. The Labute approximate surface area is 154 Å². The van der Waals surface area contributed by atoms with Gasteiger partial charge < -0.3 is 19.3 Å². The Balaban J connectivity index is 2.32. The van der Waals surface area contributed by atoms with E-state index >= 15 is 0 Å². The number of ether oxygens (including phenoxy) is 3. The molecule has 1 aromatic carbocycles. The van der Waals surface area contributed by atoms with Crippen molar-refractivity contribution in [1.29, 1.82) is 0 Å². The highest BCUT2D eigenvalue weighted by Crippen LogP contribution is 2.33. The van der Waals surface area contributed by atoms with E-state index in [-0.39, 0.29) is 10.9 Å². The van der Waals surface area contributed by atoms with Gasteiger partial charge in [0, 0.05) is 31.0 Å². The van der Waals surface area contributed by atoms with Crippen molar-refractivity contribution in [3.63, 3.8) is 0 Å². The fourth-order valence-corrected chi connectivity index (χ4v) is 2.23. The summed E-state index contributed by atoms with van der Waals surface area (Å²) in [5, 5.41) is 9.42. The maximum Gasteiger partial charge on any atom is 0.328 e. The molecule has 1 heterocycles. The predicted molar refractivity (Wildman–Crippen MR) is 94.8 cm³/mol. The van der Waals surface area contributed by atoms with Crippen molar-refractivity contribution < 1.29 is 24.1 Å². The second-order valence-corrected chi connectivity index (χ2v) is 5.60. The molecule has 0 saturated heterocycles. The first-order chi connectivity index (χ1) is 12.0. The van der Waals surface area contributed by atoms with Crippen LogP contribution in [0.1, 0.15) is 5.56 Å². The van der Waals surface area contributed by atoms with E-state index in [9.17, 15) is 4.79 Å². The zero-order valence-corrected chi connectivity index (χ0v) is 14.8. The Morgan fingerprint density at radius 1 is 1.28 bits per heavy atom. The van der Waals surface area contributed by atoms with E-state index in [0.717, 1.165) is 6.08 Å². The standard InChI is InChI=1S/C17H15Cl2NO5/c1-23-6-7-24-13-4-2-11(3-5-16(21)22)15(9-13)25-17-14(19)8-12(18)10-20-17/h2-5,8-10H,6-7H2,1H3,(H,21,22)/b5-3+. The molecule has 6 nitrogen and oxygen atoms in total. The first-order valence-corrected chi connectivity index (χ1v) is 7.91. The van der Waals surface area contributed by atoms with Crippen molar-refractivity contribution in [3.8, 4) is 17.4 Å². The number of halogens is 2. The fourth-order valence-electron chi connectivity index (χ4n) is 1.82. The van der Waals surface area contributed by atoms with Crippen molar-refractivity contribution in [3.05, 3.63) is 52.1 Å². The third kappa shape index (κ3) is 5.94. The van der Waals surface area contributed by atoms with Gasteiger partial charge >= 0.3 is 5.97 Å². The molecule has 25 heavy (non-hydrogen) atoms. The molecule has 0 aliphatic rings. The van der Waals surface area contributed by atoms with Gasteiger partial charge in [0.1, 0.15) is 23.1 Å². The average molecular weight is 384 g/mol. The molecular formula is C17H15Cl2NO5. The van der Waals surface area contributed by atoms with Crippen LogP contribution >= 0.6 is 23.2 Å². The molecular weight excluding hydrogens is 369 g/mol. The molecule has 0 aliphatic carbocycles. The smallest absolute Gasteiger partial charge is 0.328 e. The topological polar surface area (TPSA) is 77.9 Å². The minimum absolute atomic E-state index is 0.144. The van der Waals surface area contributed by atoms with Gasteiger partial charge in [0.2, 0.25) is 5.88 Å². The summed E-state index contributed by atoms with van der Waals surface area (Å²) in [5.74, 6) is -0.0622. The first kappa shape index (κ1) is 19.1. The molecule has 1 N–H and O–H groups in total. The van der Waals surface area contributed by atoms with Crippen LogP contribution in [0.5, 0.6) is 17.4 Å². The molecule has 8 heteroatoms. The van der Waals surface area contributed by atoms with E-state index in [0.29, 0.717) is 35.3 Å². The van der Waals surface area contributed by atoms with Gasteiger partial charge in [-0.15, -0.1) is 0 Å². The van der Waals surface area contributed by atoms with E-state index in [2.05, 4.69) is 4.98 Å². The van der Waals surface area contributed by atoms with Crippen LogP contribution in [0.15, 0.2) is 36.5 Å². The number of aliphatic carboxylic acids is 1. The van der Waals surface area contributed by atoms with Crippen LogP contribution < -0.4 is 9.47 Å². The normalized spacial score (nSPS) is 10.8. The number of hydrogen-bond acceptors (Lipinski definition) is 5. The van der Waals surface area contributed by atoms with Crippen molar-refractivity contribution in [2.24, 2.45) is 0 Å². The van der Waals surface area contributed by atoms with Crippen molar-refractivity contribution in [2.75, 3.05) is 20.3 Å². The summed E-state index contributed by atoms with van der Waals surface area (Å²) in [6.45, 7) is 0.793. The van der Waals surface area contributed by atoms with Gasteiger partial charge in [-0.25, -0.2) is 9.78 Å². The number of nitrogens with zero attached hydrogens (tertiary/aromatic N) is 1. The Bertz CT molecular complexity index is 780. The van der Waals surface area contributed by atoms with E-state index in [1.165, 1.54) is 18.3 Å². The SMILES string of the molecule is COCCOc1ccc(/C=C/C(=O)O)c(Oc2ncc(Cl)cc2Cl)c1. The van der Waals surface area contributed by atoms with Gasteiger partial charge in [-0.3, -0.25) is 0 Å². The Hall–Kier alpha value is -2.28. The molecule has 2 aromatic rings. The van der Waals surface area contributed by atoms with Crippen molar-refractivity contribution in [1.82, 2.24) is 4.98 Å². The Morgan fingerprint density at radius 3 is 2.76 bits per heavy atom. The minimum atomic E-state index is -1.07. The highest BCUT2D eigenvalue weighted by molar-refractivity contribution is 6.35. The van der Waals surface area contributed by atoms with Crippen LogP contribution in [0.3, 0.4) is 0 Å². The maximum absolute atomic E-state index is 10.8. The molecule has 2 rings (SSSR count). The average Bonchev–Trinajstić information content (AvgIpc) is 2.56. The van der Waals surface area contributed by atoms with Crippen molar-refractivity contribution >= 4 is 35.2 Å². The number of pyridine rings is 1. The van der Waals surface area contributed by atoms with Crippen molar-refractivity contribution in [2.45, 2.75) is 0 Å². The van der Waals surface area contributed by atoms with E-state index in [1.807, 2.05) is 0 Å². The predicted octanol–water partition coefficient (Wildman–Crippen LogP) is 4.30. The highest BCUT2D eigenvalue weighted by Gasteiger charge is 2.10. The summed E-state index contributed by atoms with van der Waals surface area (Å²) in [6, 6.07) is 6.47. The van der Waals surface area contributed by atoms with Crippen LogP contribution in [0.2, 0.25) is 10.0 Å². The molecule has 0 radical (unpaired) electrons. The molecule has 0 amide bonds. The molecule has 1 aromatic heterocycles. The number of methoxy groups -OCH3 is 1. The zero-order valence-electron chi connectivity index (χ0n) is 13.2. The summed E-state index contributed by atoms with van der Waals surface area (Å²) < 4.78 is 16.2. The Kier molecular flexibility index (Phi) is 7.06. The number of benzene rings is 1. The third-order valence-electron chi connectivity index (χ3n) is 2.93. The van der Waals surface area contributed by atoms with Crippen LogP contribution in [0, 0.1) is 0 Å². The number of rotatable bonds is 8. The second kappa shape index (κ2) is 9.27. The van der Waals surface area contributed by atoms with Gasteiger partial charge in [0.05, 0.1) is 11.6 Å². The van der Waals surface area contributed by atoms with E-state index < -0.39 is 5.97 Å². The van der Waals surface area contributed by atoms with Gasteiger partial charge in [-0.05, 0) is 24.3 Å². The molecule has 0 saturated carbocycles. The number of hydrogen-bond donors (Lipinski definition) is 1. The van der Waals surface area contributed by atoms with E-state index in [4.69, 9.17) is 42.5 Å². The van der Waals surface area contributed by atoms with Gasteiger partial charge in [-0.2, -0.15) is 0 Å². The lowest BCUT2D eigenvalue weighted by Crippen LogP contribution is -2.04. The third-order valence-corrected chi connectivity index (χ3v) is 3.40. The maximum atomic E-state index is 10.8. The molecule has 0 aliphatic heterocycles. The summed E-state index contributed by atoms with van der Waals surface area (Å²) >= 11 is 11.9. The van der Waals surface area contributed by atoms with Gasteiger partial charge in [0.15, 0.2) is 0 Å². The zero-order chi connectivity index (χ0) is 18.2. The minimum Gasteiger partial charge on any atom is -0.491 e. The first-order valence-electron chi connectivity index (χ1n) is 7.15.